The van der Waals surface area contributed by atoms with E-state index in [1.54, 1.807) is 18.2 Å². The van der Waals surface area contributed by atoms with Gasteiger partial charge in [0.15, 0.2) is 0 Å². The summed E-state index contributed by atoms with van der Waals surface area (Å²) in [4.78, 5) is 14.9. The van der Waals surface area contributed by atoms with Gasteiger partial charge in [0.25, 0.3) is 0 Å². The Labute approximate surface area is 199 Å². The molecule has 1 aliphatic rings. The van der Waals surface area contributed by atoms with Gasteiger partial charge >= 0.3 is 5.97 Å². The minimum atomic E-state index is -0.432. The van der Waals surface area contributed by atoms with Crippen molar-refractivity contribution in [2.24, 2.45) is 0 Å². The highest BCUT2D eigenvalue weighted by atomic mass is 35.5. The van der Waals surface area contributed by atoms with Crippen molar-refractivity contribution in [1.29, 1.82) is 0 Å². The fraction of sp³-hybridized carbons (Fsp3) is 0.250. The summed E-state index contributed by atoms with van der Waals surface area (Å²) in [7, 11) is 0. The highest BCUT2D eigenvalue weighted by Gasteiger charge is 2.25. The summed E-state index contributed by atoms with van der Waals surface area (Å²) >= 11 is 6.06. The number of piperidine rings is 1. The van der Waals surface area contributed by atoms with Gasteiger partial charge < -0.3 is 4.74 Å². The van der Waals surface area contributed by atoms with Gasteiger partial charge in [0.05, 0.1) is 0 Å². The number of benzene rings is 3. The number of hydrogen-bond acceptors (Lipinski definition) is 3. The smallest absolute Gasteiger partial charge is 0.331 e. The molecular weight excluding hydrogens is 437 g/mol. The number of nitrogens with zero attached hydrogens (tertiary/aromatic N) is 1. The predicted octanol–water partition coefficient (Wildman–Crippen LogP) is 6.66. The third kappa shape index (κ3) is 6.77. The van der Waals surface area contributed by atoms with E-state index in [0.29, 0.717) is 17.5 Å². The van der Waals surface area contributed by atoms with Crippen LogP contribution < -0.4 is 0 Å². The summed E-state index contributed by atoms with van der Waals surface area (Å²) < 4.78 is 18.9. The highest BCUT2D eigenvalue weighted by Crippen LogP contribution is 2.30. The van der Waals surface area contributed by atoms with Gasteiger partial charge in [-0.1, -0.05) is 66.2 Å². The van der Waals surface area contributed by atoms with Gasteiger partial charge in [-0.25, -0.2) is 9.18 Å². The SMILES string of the molecule is O=C(/C=C/c1ccc(F)cc1)OC(CN1CCC(c2ccccc2)CC1)c1ccc(Cl)cc1. The normalized spacial score (nSPS) is 16.1. The number of carbonyl (C=O) groups is 1. The molecule has 5 heteroatoms. The van der Waals surface area contributed by atoms with Crippen LogP contribution in [0.3, 0.4) is 0 Å². The first-order valence-corrected chi connectivity index (χ1v) is 11.6. The van der Waals surface area contributed by atoms with Gasteiger partial charge in [-0.05, 0) is 78.9 Å². The highest BCUT2D eigenvalue weighted by molar-refractivity contribution is 6.30. The molecule has 0 saturated carbocycles. The number of ether oxygens (including phenoxy) is 1. The van der Waals surface area contributed by atoms with Crippen LogP contribution in [0.25, 0.3) is 6.08 Å². The lowest BCUT2D eigenvalue weighted by molar-refractivity contribution is -0.144. The van der Waals surface area contributed by atoms with Crippen LogP contribution in [0.1, 0.15) is 41.6 Å². The van der Waals surface area contributed by atoms with Gasteiger partial charge in [-0.2, -0.15) is 0 Å². The molecule has 170 valence electrons. The van der Waals surface area contributed by atoms with E-state index in [2.05, 4.69) is 29.2 Å². The number of likely N-dealkylation sites (tertiary alicyclic amines) is 1. The number of hydrogen-bond donors (Lipinski definition) is 0. The lowest BCUT2D eigenvalue weighted by Gasteiger charge is -2.34. The van der Waals surface area contributed by atoms with E-state index in [1.165, 1.54) is 23.8 Å². The molecule has 0 N–H and O–H groups in total. The minimum Gasteiger partial charge on any atom is -0.453 e. The van der Waals surface area contributed by atoms with Crippen molar-refractivity contribution >= 4 is 23.6 Å². The van der Waals surface area contributed by atoms with Gasteiger partial charge in [-0.3, -0.25) is 4.90 Å². The van der Waals surface area contributed by atoms with E-state index in [9.17, 15) is 9.18 Å². The van der Waals surface area contributed by atoms with Crippen LogP contribution in [0.5, 0.6) is 0 Å². The van der Waals surface area contributed by atoms with Crippen molar-refractivity contribution in [2.75, 3.05) is 19.6 Å². The van der Waals surface area contributed by atoms with E-state index in [-0.39, 0.29) is 5.82 Å². The summed E-state index contributed by atoms with van der Waals surface area (Å²) in [6.07, 6.45) is 4.77. The molecular formula is C28H27ClFNO2. The van der Waals surface area contributed by atoms with Crippen molar-refractivity contribution in [3.63, 3.8) is 0 Å². The Morgan fingerprint density at radius 2 is 1.67 bits per heavy atom. The van der Waals surface area contributed by atoms with E-state index < -0.39 is 12.1 Å². The van der Waals surface area contributed by atoms with E-state index in [4.69, 9.17) is 16.3 Å². The molecule has 33 heavy (non-hydrogen) atoms. The molecule has 1 aliphatic heterocycles. The summed E-state index contributed by atoms with van der Waals surface area (Å²) in [5.74, 6) is -0.176. The van der Waals surface area contributed by atoms with E-state index in [1.807, 2.05) is 30.3 Å². The molecule has 1 atom stereocenters. The Balaban J connectivity index is 1.40. The fourth-order valence-electron chi connectivity index (χ4n) is 4.21. The van der Waals surface area contributed by atoms with Crippen molar-refractivity contribution < 1.29 is 13.9 Å². The van der Waals surface area contributed by atoms with Crippen LogP contribution in [-0.2, 0) is 9.53 Å². The zero-order chi connectivity index (χ0) is 23.0. The lowest BCUT2D eigenvalue weighted by atomic mass is 9.89. The Morgan fingerprint density at radius 1 is 1.00 bits per heavy atom. The van der Waals surface area contributed by atoms with Crippen molar-refractivity contribution in [3.05, 3.63) is 112 Å². The topological polar surface area (TPSA) is 29.5 Å². The predicted molar refractivity (Wildman–Crippen MR) is 131 cm³/mol. The summed E-state index contributed by atoms with van der Waals surface area (Å²) in [6.45, 7) is 2.53. The molecule has 1 saturated heterocycles. The molecule has 0 radical (unpaired) electrons. The summed E-state index contributed by atoms with van der Waals surface area (Å²) in [5, 5.41) is 0.642. The Bertz CT molecular complexity index is 1060. The Hall–Kier alpha value is -2.95. The number of rotatable bonds is 7. The summed E-state index contributed by atoms with van der Waals surface area (Å²) in [5.41, 5.74) is 3.04. The molecule has 0 spiro atoms. The molecule has 0 aliphatic carbocycles. The van der Waals surface area contributed by atoms with Gasteiger partial charge in [0.2, 0.25) is 0 Å². The second-order valence-electron chi connectivity index (χ2n) is 8.35. The van der Waals surface area contributed by atoms with Crippen LogP contribution in [-0.4, -0.2) is 30.5 Å². The molecule has 4 rings (SSSR count). The first kappa shape index (κ1) is 23.2. The van der Waals surface area contributed by atoms with Crippen LogP contribution in [0, 0.1) is 5.82 Å². The monoisotopic (exact) mass is 463 g/mol. The molecule has 3 nitrogen and oxygen atoms in total. The standard InChI is InChI=1S/C28H27ClFNO2/c29-25-11-9-24(10-12-25)27(33-28(32)15-8-21-6-13-26(30)14-7-21)20-31-18-16-23(17-19-31)22-4-2-1-3-5-22/h1-15,23,27H,16-20H2/b15-8+. The quantitative estimate of drug-likeness (QED) is 0.290. The number of esters is 1. The first-order chi connectivity index (χ1) is 16.1. The second-order valence-corrected chi connectivity index (χ2v) is 8.78. The Kier molecular flexibility index (Phi) is 7.92. The second kappa shape index (κ2) is 11.3. The molecule has 3 aromatic carbocycles. The van der Waals surface area contributed by atoms with Gasteiger partial charge in [0, 0.05) is 17.6 Å². The molecule has 1 heterocycles. The summed E-state index contributed by atoms with van der Waals surface area (Å²) in [6, 6.07) is 24.0. The first-order valence-electron chi connectivity index (χ1n) is 11.2. The fourth-order valence-corrected chi connectivity index (χ4v) is 4.34. The van der Waals surface area contributed by atoms with Crippen LogP contribution in [0.2, 0.25) is 5.02 Å². The lowest BCUT2D eigenvalue weighted by Crippen LogP contribution is -2.37. The molecule has 1 unspecified atom stereocenters. The largest absolute Gasteiger partial charge is 0.453 e. The average Bonchev–Trinajstić information content (AvgIpc) is 2.85. The van der Waals surface area contributed by atoms with Crippen LogP contribution in [0.15, 0.2) is 84.9 Å². The number of carbonyl (C=O) groups excluding carboxylic acids is 1. The zero-order valence-electron chi connectivity index (χ0n) is 18.4. The van der Waals surface area contributed by atoms with Crippen molar-refractivity contribution in [2.45, 2.75) is 24.9 Å². The van der Waals surface area contributed by atoms with Crippen molar-refractivity contribution in [1.82, 2.24) is 4.90 Å². The van der Waals surface area contributed by atoms with Crippen molar-refractivity contribution in [3.8, 4) is 0 Å². The van der Waals surface area contributed by atoms with E-state index >= 15 is 0 Å². The van der Waals surface area contributed by atoms with Crippen LogP contribution >= 0.6 is 11.6 Å². The Morgan fingerprint density at radius 3 is 2.33 bits per heavy atom. The van der Waals surface area contributed by atoms with E-state index in [0.717, 1.165) is 37.1 Å². The maximum absolute atomic E-state index is 13.1. The third-order valence-corrected chi connectivity index (χ3v) is 6.32. The maximum Gasteiger partial charge on any atom is 0.331 e. The maximum atomic E-state index is 13.1. The van der Waals surface area contributed by atoms with Gasteiger partial charge in [-0.15, -0.1) is 0 Å². The molecule has 0 bridgehead atoms. The zero-order valence-corrected chi connectivity index (χ0v) is 19.1. The molecule has 1 fully saturated rings. The van der Waals surface area contributed by atoms with Gasteiger partial charge in [0.1, 0.15) is 11.9 Å². The molecule has 3 aromatic rings. The average molecular weight is 464 g/mol. The minimum absolute atomic E-state index is 0.312. The third-order valence-electron chi connectivity index (χ3n) is 6.06. The van der Waals surface area contributed by atoms with Crippen LogP contribution in [0.4, 0.5) is 4.39 Å². The molecule has 0 aromatic heterocycles. The number of halogens is 2. The molecule has 0 amide bonds.